The second kappa shape index (κ2) is 5.40. The van der Waals surface area contributed by atoms with Crippen LogP contribution in [0, 0.1) is 0 Å². The highest BCUT2D eigenvalue weighted by molar-refractivity contribution is 9.10. The molecule has 18 heavy (non-hydrogen) atoms. The average molecular weight is 315 g/mol. The Morgan fingerprint density at radius 1 is 1.50 bits per heavy atom. The van der Waals surface area contributed by atoms with Gasteiger partial charge in [-0.25, -0.2) is 9.97 Å². The van der Waals surface area contributed by atoms with E-state index >= 15 is 0 Å². The normalized spacial score (nSPS) is 27.2. The Balaban J connectivity index is 2.21. The van der Waals surface area contributed by atoms with Crippen molar-refractivity contribution in [3.05, 3.63) is 10.8 Å². The Morgan fingerprint density at radius 2 is 2.22 bits per heavy atom. The van der Waals surface area contributed by atoms with Crippen LogP contribution in [-0.4, -0.2) is 34.8 Å². The molecule has 0 saturated carbocycles. The van der Waals surface area contributed by atoms with Gasteiger partial charge >= 0.3 is 0 Å². The number of hydrogen-bond donors (Lipinski definition) is 2. The molecule has 0 amide bonds. The molecule has 1 aromatic heterocycles. The fourth-order valence-corrected chi connectivity index (χ4v) is 2.46. The number of rotatable bonds is 4. The highest BCUT2D eigenvalue weighted by atomic mass is 79.9. The topological polar surface area (TPSA) is 59.1 Å². The minimum absolute atomic E-state index is 0.0830. The van der Waals surface area contributed by atoms with E-state index in [1.807, 2.05) is 6.92 Å². The van der Waals surface area contributed by atoms with Crippen molar-refractivity contribution in [1.29, 1.82) is 0 Å². The Hall–Kier alpha value is -0.880. The van der Waals surface area contributed by atoms with E-state index in [1.54, 1.807) is 6.33 Å². The monoisotopic (exact) mass is 314 g/mol. The average Bonchev–Trinajstić information content (AvgIpc) is 2.65. The second-order valence-electron chi connectivity index (χ2n) is 4.72. The van der Waals surface area contributed by atoms with Gasteiger partial charge in [0.05, 0.1) is 11.6 Å². The number of halogens is 1. The van der Waals surface area contributed by atoms with Crippen LogP contribution in [0.2, 0.25) is 0 Å². The number of aromatic nitrogens is 2. The van der Waals surface area contributed by atoms with E-state index in [2.05, 4.69) is 50.4 Å². The Morgan fingerprint density at radius 3 is 2.83 bits per heavy atom. The largest absolute Gasteiger partial charge is 0.376 e. The molecular formula is C12H19BrN4O. The van der Waals surface area contributed by atoms with Crippen LogP contribution in [0.4, 0.5) is 11.6 Å². The molecule has 0 bridgehead atoms. The smallest absolute Gasteiger partial charge is 0.146 e. The Kier molecular flexibility index (Phi) is 4.07. The standard InChI is InChI=1S/C12H19BrN4O/c1-4-14-10-9(13)11(16-7-15-10)17-12(3)5-6-18-8(12)2/h7-8H,4-6H2,1-3H3,(H2,14,15,16,17). The molecule has 1 fully saturated rings. The van der Waals surface area contributed by atoms with Crippen LogP contribution >= 0.6 is 15.9 Å². The molecule has 1 aromatic rings. The van der Waals surface area contributed by atoms with E-state index < -0.39 is 0 Å². The number of anilines is 2. The molecule has 0 spiro atoms. The lowest BCUT2D eigenvalue weighted by molar-refractivity contribution is 0.105. The molecule has 2 heterocycles. The minimum atomic E-state index is -0.0830. The van der Waals surface area contributed by atoms with Gasteiger partial charge in [-0.3, -0.25) is 0 Å². The number of nitrogens with zero attached hydrogens (tertiary/aromatic N) is 2. The van der Waals surface area contributed by atoms with E-state index in [4.69, 9.17) is 4.74 Å². The van der Waals surface area contributed by atoms with E-state index in [0.717, 1.165) is 35.7 Å². The van der Waals surface area contributed by atoms with Gasteiger partial charge in [0.25, 0.3) is 0 Å². The first-order chi connectivity index (χ1) is 8.57. The van der Waals surface area contributed by atoms with Gasteiger partial charge in [-0.15, -0.1) is 0 Å². The van der Waals surface area contributed by atoms with Crippen LogP contribution in [0.1, 0.15) is 27.2 Å². The third-order valence-corrected chi connectivity index (χ3v) is 4.18. The lowest BCUT2D eigenvalue weighted by Crippen LogP contribution is -2.41. The van der Waals surface area contributed by atoms with Gasteiger partial charge in [-0.05, 0) is 43.1 Å². The SMILES string of the molecule is CCNc1ncnc(NC2(C)CCOC2C)c1Br. The van der Waals surface area contributed by atoms with Crippen LogP contribution in [-0.2, 0) is 4.74 Å². The molecule has 5 nitrogen and oxygen atoms in total. The van der Waals surface area contributed by atoms with Crippen molar-refractivity contribution in [2.75, 3.05) is 23.8 Å². The van der Waals surface area contributed by atoms with Crippen molar-refractivity contribution >= 4 is 27.6 Å². The number of nitrogens with one attached hydrogen (secondary N) is 2. The molecule has 1 saturated heterocycles. The van der Waals surface area contributed by atoms with Gasteiger partial charge < -0.3 is 15.4 Å². The van der Waals surface area contributed by atoms with Crippen molar-refractivity contribution in [1.82, 2.24) is 9.97 Å². The maximum absolute atomic E-state index is 5.62. The van der Waals surface area contributed by atoms with Crippen LogP contribution < -0.4 is 10.6 Å². The van der Waals surface area contributed by atoms with Crippen molar-refractivity contribution in [3.8, 4) is 0 Å². The molecule has 0 radical (unpaired) electrons. The first kappa shape index (κ1) is 13.5. The molecule has 2 rings (SSSR count). The predicted molar refractivity (Wildman–Crippen MR) is 76.0 cm³/mol. The molecule has 2 N–H and O–H groups in total. The van der Waals surface area contributed by atoms with E-state index in [1.165, 1.54) is 0 Å². The highest BCUT2D eigenvalue weighted by Gasteiger charge is 2.37. The summed E-state index contributed by atoms with van der Waals surface area (Å²) < 4.78 is 6.49. The van der Waals surface area contributed by atoms with Gasteiger partial charge in [0.2, 0.25) is 0 Å². The van der Waals surface area contributed by atoms with Crippen molar-refractivity contribution < 1.29 is 4.74 Å². The van der Waals surface area contributed by atoms with Crippen LogP contribution in [0.5, 0.6) is 0 Å². The quantitative estimate of drug-likeness (QED) is 0.894. The Bertz CT molecular complexity index is 429. The molecule has 100 valence electrons. The lowest BCUT2D eigenvalue weighted by Gasteiger charge is -2.30. The maximum Gasteiger partial charge on any atom is 0.146 e. The van der Waals surface area contributed by atoms with Crippen molar-refractivity contribution in [2.24, 2.45) is 0 Å². The molecule has 2 atom stereocenters. The molecule has 0 aromatic carbocycles. The van der Waals surface area contributed by atoms with Gasteiger partial charge in [0.1, 0.15) is 22.4 Å². The third kappa shape index (κ3) is 2.59. The second-order valence-corrected chi connectivity index (χ2v) is 5.51. The fraction of sp³-hybridized carbons (Fsp3) is 0.667. The van der Waals surface area contributed by atoms with Crippen molar-refractivity contribution in [2.45, 2.75) is 38.8 Å². The summed E-state index contributed by atoms with van der Waals surface area (Å²) in [6, 6.07) is 0. The van der Waals surface area contributed by atoms with Gasteiger partial charge in [0, 0.05) is 13.2 Å². The number of hydrogen-bond acceptors (Lipinski definition) is 5. The summed E-state index contributed by atoms with van der Waals surface area (Å²) in [6.45, 7) is 7.89. The molecule has 0 aliphatic carbocycles. The summed E-state index contributed by atoms with van der Waals surface area (Å²) in [7, 11) is 0. The number of ether oxygens (including phenoxy) is 1. The third-order valence-electron chi connectivity index (χ3n) is 3.42. The highest BCUT2D eigenvalue weighted by Crippen LogP contribution is 2.33. The first-order valence-corrected chi connectivity index (χ1v) is 7.00. The zero-order chi connectivity index (χ0) is 13.2. The fourth-order valence-electron chi connectivity index (χ4n) is 2.02. The summed E-state index contributed by atoms with van der Waals surface area (Å²) in [6.07, 6.45) is 2.71. The molecule has 1 aliphatic heterocycles. The van der Waals surface area contributed by atoms with Gasteiger partial charge in [-0.2, -0.15) is 0 Å². The summed E-state index contributed by atoms with van der Waals surface area (Å²) in [5.74, 6) is 1.62. The van der Waals surface area contributed by atoms with Crippen LogP contribution in [0.3, 0.4) is 0 Å². The molecule has 1 aliphatic rings. The van der Waals surface area contributed by atoms with Crippen LogP contribution in [0.25, 0.3) is 0 Å². The zero-order valence-corrected chi connectivity index (χ0v) is 12.5. The summed E-state index contributed by atoms with van der Waals surface area (Å²) in [4.78, 5) is 8.50. The Labute approximate surface area is 116 Å². The van der Waals surface area contributed by atoms with E-state index in [9.17, 15) is 0 Å². The first-order valence-electron chi connectivity index (χ1n) is 6.21. The summed E-state index contributed by atoms with van der Waals surface area (Å²) in [5.41, 5.74) is -0.0830. The minimum Gasteiger partial charge on any atom is -0.376 e. The summed E-state index contributed by atoms with van der Waals surface area (Å²) >= 11 is 3.54. The zero-order valence-electron chi connectivity index (χ0n) is 11.0. The lowest BCUT2D eigenvalue weighted by atomic mass is 9.95. The van der Waals surface area contributed by atoms with Gasteiger partial charge in [0.15, 0.2) is 0 Å². The van der Waals surface area contributed by atoms with Crippen LogP contribution in [0.15, 0.2) is 10.8 Å². The van der Waals surface area contributed by atoms with Gasteiger partial charge in [-0.1, -0.05) is 0 Å². The molecular weight excluding hydrogens is 296 g/mol. The van der Waals surface area contributed by atoms with E-state index in [0.29, 0.717) is 0 Å². The van der Waals surface area contributed by atoms with E-state index in [-0.39, 0.29) is 11.6 Å². The molecule has 2 unspecified atom stereocenters. The van der Waals surface area contributed by atoms with Crippen molar-refractivity contribution in [3.63, 3.8) is 0 Å². The maximum atomic E-state index is 5.62. The molecule has 6 heteroatoms. The summed E-state index contributed by atoms with van der Waals surface area (Å²) in [5, 5.41) is 6.67. The predicted octanol–water partition coefficient (Wildman–Crippen LogP) is 2.65.